The topological polar surface area (TPSA) is 87.2 Å². The molecule has 2 heterocycles. The maximum Gasteiger partial charge on any atom is 0.275 e. The largest absolute Gasteiger partial charge is 0.871 e. The Bertz CT molecular complexity index is 864. The van der Waals surface area contributed by atoms with Crippen LogP contribution in [0.2, 0.25) is 0 Å². The zero-order chi connectivity index (χ0) is 18.6. The van der Waals surface area contributed by atoms with Crippen LogP contribution in [0.5, 0.6) is 5.75 Å². The first-order valence-electron chi connectivity index (χ1n) is 7.72. The van der Waals surface area contributed by atoms with Gasteiger partial charge in [-0.25, -0.2) is 4.98 Å². The minimum Gasteiger partial charge on any atom is -0.871 e. The molecule has 0 fully saturated rings. The number of pyridine rings is 2. The third-order valence-electron chi connectivity index (χ3n) is 3.60. The van der Waals surface area contributed by atoms with Crippen LogP contribution in [-0.4, -0.2) is 28.6 Å². The molecule has 0 radical (unpaired) electrons. The van der Waals surface area contributed by atoms with E-state index in [1.54, 1.807) is 20.2 Å². The lowest BCUT2D eigenvalue weighted by molar-refractivity contribution is -0.268. The molecule has 0 aliphatic carbocycles. The first-order chi connectivity index (χ1) is 11.7. The second-order valence-corrected chi connectivity index (χ2v) is 6.14. The van der Waals surface area contributed by atoms with E-state index in [4.69, 9.17) is 4.74 Å². The van der Waals surface area contributed by atoms with Crippen molar-refractivity contribution in [2.45, 2.75) is 33.3 Å². The van der Waals surface area contributed by atoms with E-state index in [1.165, 1.54) is 6.07 Å². The minimum atomic E-state index is -0.544. The second kappa shape index (κ2) is 7.32. The second-order valence-electron chi connectivity index (χ2n) is 6.14. The number of carbonyl (C=O) groups is 1. The summed E-state index contributed by atoms with van der Waals surface area (Å²) >= 11 is 0. The fraction of sp³-hybridized carbons (Fsp3) is 0.316. The fourth-order valence-electron chi connectivity index (χ4n) is 2.00. The van der Waals surface area contributed by atoms with E-state index in [0.717, 1.165) is 17.3 Å². The quantitative estimate of drug-likeness (QED) is 0.867. The highest BCUT2D eigenvalue weighted by Gasteiger charge is 2.13. The van der Waals surface area contributed by atoms with Gasteiger partial charge in [0.05, 0.1) is 0 Å². The number of aromatic nitrogens is 2. The van der Waals surface area contributed by atoms with Crippen LogP contribution in [0, 0.1) is 25.7 Å². The molecule has 2 aromatic rings. The standard InChI is InChI=1S/C19H21N3O3/c1-12-9-15(23)11-20-16(12)18(24)22-17-13(2)8-14(10-21-17)6-7-19(3,4)25-5/h8-11,23H,1-5H3,(H,21,22,24)/p-1. The zero-order valence-electron chi connectivity index (χ0n) is 14.9. The Kier molecular flexibility index (Phi) is 5.40. The Hall–Kier alpha value is -2.91. The average molecular weight is 338 g/mol. The molecule has 0 bridgehead atoms. The Morgan fingerprint density at radius 2 is 1.92 bits per heavy atom. The summed E-state index contributed by atoms with van der Waals surface area (Å²) in [5.41, 5.74) is 1.68. The summed E-state index contributed by atoms with van der Waals surface area (Å²) in [6.45, 7) is 7.24. The smallest absolute Gasteiger partial charge is 0.275 e. The van der Waals surface area contributed by atoms with Crippen molar-refractivity contribution in [3.63, 3.8) is 0 Å². The molecule has 0 unspecified atom stereocenters. The summed E-state index contributed by atoms with van der Waals surface area (Å²) in [4.78, 5) is 20.5. The molecule has 0 spiro atoms. The zero-order valence-corrected chi connectivity index (χ0v) is 14.9. The maximum absolute atomic E-state index is 12.3. The molecule has 0 aliphatic rings. The van der Waals surface area contributed by atoms with Crippen molar-refractivity contribution >= 4 is 11.7 Å². The SMILES string of the molecule is COC(C)(C)C#Cc1cnc(NC(=O)c2ncc([O-])cc2C)c(C)c1. The Balaban J connectivity index is 2.20. The third kappa shape index (κ3) is 4.78. The molecular formula is C19H20N3O3-. The van der Waals surface area contributed by atoms with Gasteiger partial charge in [-0.05, 0) is 44.9 Å². The minimum absolute atomic E-state index is 0.200. The van der Waals surface area contributed by atoms with Gasteiger partial charge in [0.25, 0.3) is 5.91 Å². The number of hydrogen-bond donors (Lipinski definition) is 1. The van der Waals surface area contributed by atoms with Crippen molar-refractivity contribution in [2.24, 2.45) is 0 Å². The number of anilines is 1. The molecule has 130 valence electrons. The summed E-state index contributed by atoms with van der Waals surface area (Å²) < 4.78 is 5.25. The van der Waals surface area contributed by atoms with Crippen LogP contribution in [0.3, 0.4) is 0 Å². The molecule has 0 saturated carbocycles. The fourth-order valence-corrected chi connectivity index (χ4v) is 2.00. The van der Waals surface area contributed by atoms with E-state index in [9.17, 15) is 9.90 Å². The molecule has 6 heteroatoms. The molecule has 25 heavy (non-hydrogen) atoms. The van der Waals surface area contributed by atoms with E-state index in [-0.39, 0.29) is 11.4 Å². The van der Waals surface area contributed by atoms with Crippen LogP contribution in [-0.2, 0) is 4.74 Å². The van der Waals surface area contributed by atoms with E-state index in [2.05, 4.69) is 27.1 Å². The molecule has 0 aromatic carbocycles. The van der Waals surface area contributed by atoms with Crippen LogP contribution in [0.25, 0.3) is 0 Å². The molecule has 1 N–H and O–H groups in total. The van der Waals surface area contributed by atoms with Crippen LogP contribution in [0.15, 0.2) is 24.5 Å². The van der Waals surface area contributed by atoms with Crippen molar-refractivity contribution in [3.8, 4) is 17.6 Å². The number of carbonyl (C=O) groups excluding carboxylic acids is 1. The Morgan fingerprint density at radius 1 is 1.20 bits per heavy atom. The van der Waals surface area contributed by atoms with E-state index in [0.29, 0.717) is 11.4 Å². The number of rotatable bonds is 3. The molecular weight excluding hydrogens is 318 g/mol. The highest BCUT2D eigenvalue weighted by molar-refractivity contribution is 6.03. The number of aryl methyl sites for hydroxylation is 2. The molecule has 0 saturated heterocycles. The summed E-state index contributed by atoms with van der Waals surface area (Å²) in [5.74, 6) is 5.80. The summed E-state index contributed by atoms with van der Waals surface area (Å²) in [6.07, 6.45) is 2.71. The lowest BCUT2D eigenvalue weighted by atomic mass is 10.1. The van der Waals surface area contributed by atoms with Crippen molar-refractivity contribution in [1.29, 1.82) is 0 Å². The third-order valence-corrected chi connectivity index (χ3v) is 3.60. The van der Waals surface area contributed by atoms with Gasteiger partial charge in [-0.3, -0.25) is 9.78 Å². The van der Waals surface area contributed by atoms with Crippen molar-refractivity contribution in [2.75, 3.05) is 12.4 Å². The lowest BCUT2D eigenvalue weighted by Gasteiger charge is -2.14. The van der Waals surface area contributed by atoms with Crippen LogP contribution >= 0.6 is 0 Å². The maximum atomic E-state index is 12.3. The van der Waals surface area contributed by atoms with Gasteiger partial charge in [-0.15, -0.1) is 0 Å². The highest BCUT2D eigenvalue weighted by Crippen LogP contribution is 2.16. The van der Waals surface area contributed by atoms with Crippen molar-refractivity contribution in [3.05, 3.63) is 46.9 Å². The van der Waals surface area contributed by atoms with Gasteiger partial charge in [-0.2, -0.15) is 0 Å². The number of nitrogens with one attached hydrogen (secondary N) is 1. The summed E-state index contributed by atoms with van der Waals surface area (Å²) in [7, 11) is 1.60. The normalized spacial score (nSPS) is 10.8. The average Bonchev–Trinajstić information content (AvgIpc) is 2.55. The van der Waals surface area contributed by atoms with E-state index < -0.39 is 11.5 Å². The predicted molar refractivity (Wildman–Crippen MR) is 93.3 cm³/mol. The van der Waals surface area contributed by atoms with Gasteiger partial charge >= 0.3 is 0 Å². The predicted octanol–water partition coefficient (Wildman–Crippen LogP) is 2.20. The number of hydrogen-bond acceptors (Lipinski definition) is 5. The van der Waals surface area contributed by atoms with Crippen molar-refractivity contribution in [1.82, 2.24) is 9.97 Å². The Morgan fingerprint density at radius 3 is 2.52 bits per heavy atom. The summed E-state index contributed by atoms with van der Waals surface area (Å²) in [5, 5.41) is 14.0. The van der Waals surface area contributed by atoms with Gasteiger partial charge in [0, 0.05) is 25.1 Å². The molecule has 6 nitrogen and oxygen atoms in total. The number of nitrogens with zero attached hydrogens (tertiary/aromatic N) is 2. The van der Waals surface area contributed by atoms with Gasteiger partial charge < -0.3 is 15.2 Å². The lowest BCUT2D eigenvalue weighted by Crippen LogP contribution is -2.19. The molecule has 1 amide bonds. The molecule has 0 aliphatic heterocycles. The van der Waals surface area contributed by atoms with Gasteiger partial charge in [-0.1, -0.05) is 23.7 Å². The monoisotopic (exact) mass is 338 g/mol. The van der Waals surface area contributed by atoms with Crippen LogP contribution in [0.1, 0.15) is 41.0 Å². The first kappa shape index (κ1) is 18.4. The number of methoxy groups -OCH3 is 1. The van der Waals surface area contributed by atoms with Gasteiger partial charge in [0.2, 0.25) is 0 Å². The molecule has 2 aromatic heterocycles. The number of amides is 1. The van der Waals surface area contributed by atoms with Gasteiger partial charge in [0.15, 0.2) is 0 Å². The summed E-state index contributed by atoms with van der Waals surface area (Å²) in [6, 6.07) is 3.21. The van der Waals surface area contributed by atoms with Crippen LogP contribution in [0.4, 0.5) is 5.82 Å². The van der Waals surface area contributed by atoms with Crippen LogP contribution < -0.4 is 10.4 Å². The molecule has 2 rings (SSSR count). The Labute approximate surface area is 147 Å². The first-order valence-corrected chi connectivity index (χ1v) is 7.72. The van der Waals surface area contributed by atoms with E-state index >= 15 is 0 Å². The number of ether oxygens (including phenoxy) is 1. The van der Waals surface area contributed by atoms with Crippen molar-refractivity contribution < 1.29 is 14.6 Å². The molecule has 0 atom stereocenters. The highest BCUT2D eigenvalue weighted by atomic mass is 16.5. The van der Waals surface area contributed by atoms with Gasteiger partial charge in [0.1, 0.15) is 17.1 Å². The van der Waals surface area contributed by atoms with E-state index in [1.807, 2.05) is 26.8 Å².